The summed E-state index contributed by atoms with van der Waals surface area (Å²) in [5.41, 5.74) is 22.3. The second-order valence-corrected chi connectivity index (χ2v) is 19.5. The number of benzene rings is 2. The molecule has 15 heteroatoms. The Balaban J connectivity index is 0.000000482. The van der Waals surface area contributed by atoms with Crippen molar-refractivity contribution in [3.05, 3.63) is 137 Å². The molecular formula is C45H60BrClN6O5SiZn. The van der Waals surface area contributed by atoms with Crippen LogP contribution >= 0.6 is 25.2 Å². The topological polar surface area (TPSA) is 179 Å². The summed E-state index contributed by atoms with van der Waals surface area (Å²) in [7, 11) is 0.0289. The van der Waals surface area contributed by atoms with Crippen LogP contribution in [-0.4, -0.2) is 49.4 Å². The van der Waals surface area contributed by atoms with Crippen LogP contribution in [-0.2, 0) is 36.8 Å². The Labute approximate surface area is 379 Å². The predicted octanol–water partition coefficient (Wildman–Crippen LogP) is 9.61. The van der Waals surface area contributed by atoms with Crippen molar-refractivity contribution < 1.29 is 39.8 Å². The van der Waals surface area contributed by atoms with Gasteiger partial charge in [-0.3, -0.25) is 9.97 Å². The first-order valence-electron chi connectivity index (χ1n) is 19.2. The van der Waals surface area contributed by atoms with Gasteiger partial charge in [-0.2, -0.15) is 13.8 Å². The number of hydrogen-bond donors (Lipinski definition) is 3. The average Bonchev–Trinajstić information content (AvgIpc) is 3.23. The zero-order valence-corrected chi connectivity index (χ0v) is 43.1. The Morgan fingerprint density at radius 3 is 1.48 bits per heavy atom. The molecular weight excluding hydrogens is 913 g/mol. The standard InChI is InChI=1S/C25H32N2OSi.C10H14N2O2.C7H7ClN2O2.C3H7.BrH.Zn/c1-19(2)24-23(26)20(16-17-27-24)18-28-29(25(3,4)5,21-12-8-6-9-13-21)22-14-10-7-11-15-22;1-6(2)9-8(11)7(4-5-12-9)10(13)14-3;1-12-7(11)4-2-3-10-6(8)5(4)9;1-3-2;;/h6-17,19H,18,26H2,1-5H3;4-6H,11H2,1-3H3;2-3H,9H2,1H3;3H,1-2H3;1H;/q;;;-1;;+2/p-1. The summed E-state index contributed by atoms with van der Waals surface area (Å²) in [6.45, 7) is 19.5. The van der Waals surface area contributed by atoms with Crippen LogP contribution in [0.2, 0.25) is 10.2 Å². The number of nitrogen functional groups attached to an aromatic ring is 3. The summed E-state index contributed by atoms with van der Waals surface area (Å²) in [5, 5.41) is 2.60. The van der Waals surface area contributed by atoms with Crippen molar-refractivity contribution >= 4 is 72.9 Å². The van der Waals surface area contributed by atoms with E-state index < -0.39 is 20.3 Å². The molecule has 5 rings (SSSR count). The Hall–Kier alpha value is -4.20. The van der Waals surface area contributed by atoms with E-state index in [0.29, 0.717) is 17.9 Å². The quantitative estimate of drug-likeness (QED) is 0.0555. The molecule has 0 aliphatic heterocycles. The van der Waals surface area contributed by atoms with Crippen LogP contribution in [0.15, 0.2) is 97.5 Å². The molecule has 0 spiro atoms. The second kappa shape index (κ2) is 26.9. The monoisotopic (exact) mass is 970 g/mol. The van der Waals surface area contributed by atoms with Crippen LogP contribution in [0.3, 0.4) is 0 Å². The molecule has 0 unspecified atom stereocenters. The second-order valence-electron chi connectivity index (χ2n) is 14.8. The number of rotatable bonds is 9. The summed E-state index contributed by atoms with van der Waals surface area (Å²) < 4.78 is 16.1. The van der Waals surface area contributed by atoms with Crippen LogP contribution in [0.4, 0.5) is 17.1 Å². The third-order valence-corrected chi connectivity index (χ3v) is 14.1. The van der Waals surface area contributed by atoms with Gasteiger partial charge in [-0.15, -0.1) is 0 Å². The van der Waals surface area contributed by atoms with E-state index in [1.54, 1.807) is 12.3 Å². The van der Waals surface area contributed by atoms with E-state index in [1.807, 2.05) is 46.4 Å². The van der Waals surface area contributed by atoms with Crippen molar-refractivity contribution in [3.63, 3.8) is 0 Å². The molecule has 3 heterocycles. The van der Waals surface area contributed by atoms with Crippen molar-refractivity contribution in [3.8, 4) is 0 Å². The summed E-state index contributed by atoms with van der Waals surface area (Å²) in [5.74, 6) is -0.467. The number of anilines is 3. The molecule has 0 aliphatic carbocycles. The minimum atomic E-state index is -2.58. The molecule has 0 bridgehead atoms. The van der Waals surface area contributed by atoms with E-state index in [2.05, 4.69) is 133 Å². The number of methoxy groups -OCH3 is 2. The molecule has 5 aromatic rings. The van der Waals surface area contributed by atoms with Gasteiger partial charge in [0.2, 0.25) is 0 Å². The Bertz CT molecular complexity index is 2020. The van der Waals surface area contributed by atoms with Gasteiger partial charge >= 0.3 is 41.9 Å². The van der Waals surface area contributed by atoms with Crippen LogP contribution < -0.4 is 27.6 Å². The molecule has 320 valence electrons. The molecule has 2 aromatic carbocycles. The number of carbonyl (C=O) groups excluding carboxylic acids is 2. The van der Waals surface area contributed by atoms with Crippen molar-refractivity contribution in [2.45, 2.75) is 85.8 Å². The molecule has 0 atom stereocenters. The maximum atomic E-state index is 11.3. The van der Waals surface area contributed by atoms with Gasteiger partial charge in [0.25, 0.3) is 8.32 Å². The van der Waals surface area contributed by atoms with Crippen molar-refractivity contribution in [1.29, 1.82) is 0 Å². The number of esters is 2. The van der Waals surface area contributed by atoms with Crippen molar-refractivity contribution in [2.75, 3.05) is 31.4 Å². The molecule has 60 heavy (non-hydrogen) atoms. The maximum absolute atomic E-state index is 11.3. The first-order chi connectivity index (χ1) is 28.4. The van der Waals surface area contributed by atoms with E-state index in [-0.39, 0.29) is 33.3 Å². The van der Waals surface area contributed by atoms with Crippen molar-refractivity contribution in [2.24, 2.45) is 0 Å². The van der Waals surface area contributed by atoms with Gasteiger partial charge in [-0.25, -0.2) is 14.6 Å². The Kier molecular flexibility index (Phi) is 24.1. The Morgan fingerprint density at radius 2 is 1.08 bits per heavy atom. The van der Waals surface area contributed by atoms with E-state index in [1.165, 1.54) is 53.2 Å². The van der Waals surface area contributed by atoms with Gasteiger partial charge < -0.3 is 37.5 Å². The molecule has 6 N–H and O–H groups in total. The molecule has 0 radical (unpaired) electrons. The number of aromatic nitrogens is 3. The van der Waals surface area contributed by atoms with Crippen LogP contribution in [0.1, 0.15) is 112 Å². The first kappa shape index (κ1) is 53.8. The number of nitrogens with two attached hydrogens (primary N) is 3. The Morgan fingerprint density at radius 1 is 0.700 bits per heavy atom. The van der Waals surface area contributed by atoms with Crippen LogP contribution in [0.25, 0.3) is 0 Å². The van der Waals surface area contributed by atoms with E-state index in [9.17, 15) is 9.59 Å². The fraction of sp³-hybridized carbons (Fsp3) is 0.333. The van der Waals surface area contributed by atoms with Crippen molar-refractivity contribution in [1.82, 2.24) is 15.0 Å². The van der Waals surface area contributed by atoms with Gasteiger partial charge in [0.15, 0.2) is 5.15 Å². The summed E-state index contributed by atoms with van der Waals surface area (Å²) in [4.78, 5) is 34.6. The fourth-order valence-electron chi connectivity index (χ4n) is 6.04. The number of halogens is 2. The average molecular weight is 974 g/mol. The first-order valence-corrected chi connectivity index (χ1v) is 28.5. The molecule has 0 saturated carbocycles. The summed E-state index contributed by atoms with van der Waals surface area (Å²) >= 11 is 9.82. The molecule has 0 amide bonds. The summed E-state index contributed by atoms with van der Waals surface area (Å²) in [6, 6.07) is 26.4. The number of carbonyl (C=O) groups is 2. The van der Waals surface area contributed by atoms with Gasteiger partial charge in [0.05, 0.1) is 60.4 Å². The molecule has 0 aliphatic rings. The summed E-state index contributed by atoms with van der Waals surface area (Å²) in [6.07, 6.45) is 6.80. The normalized spacial score (nSPS) is 10.7. The van der Waals surface area contributed by atoms with Gasteiger partial charge in [0.1, 0.15) is 0 Å². The van der Waals surface area contributed by atoms with E-state index >= 15 is 0 Å². The van der Waals surface area contributed by atoms with E-state index in [4.69, 9.17) is 33.2 Å². The van der Waals surface area contributed by atoms with Crippen LogP contribution in [0, 0.1) is 6.42 Å². The third-order valence-electron chi connectivity index (χ3n) is 8.84. The molecule has 11 nitrogen and oxygen atoms in total. The number of ether oxygens (including phenoxy) is 2. The zero-order valence-electron chi connectivity index (χ0n) is 36.8. The SMILES string of the molecule is CC(C)c1nccc(CO[Si](c2ccccc2)(c2ccccc2)C(C)(C)C)c1N.COC(=O)c1ccnc(C(C)C)c1N.COC(=O)c1ccnc(Cl)c1N.C[CH-]C.[Zn+][Br]. The number of pyridine rings is 3. The predicted molar refractivity (Wildman–Crippen MR) is 249 cm³/mol. The zero-order chi connectivity index (χ0) is 45.6. The fourth-order valence-corrected chi connectivity index (χ4v) is 10.7. The van der Waals surface area contributed by atoms with E-state index in [0.717, 1.165) is 22.6 Å². The van der Waals surface area contributed by atoms with Crippen LogP contribution in [0.5, 0.6) is 0 Å². The third kappa shape index (κ3) is 14.8. The molecule has 0 saturated heterocycles. The minimum absolute atomic E-state index is 0.0572. The van der Waals surface area contributed by atoms with Gasteiger partial charge in [-0.1, -0.05) is 121 Å². The molecule has 0 fully saturated rings. The molecule has 3 aromatic heterocycles. The number of hydrogen-bond acceptors (Lipinski definition) is 11. The number of nitrogens with zero attached hydrogens (tertiary/aromatic N) is 3. The van der Waals surface area contributed by atoms with Gasteiger partial charge in [-0.05, 0) is 45.4 Å². The van der Waals surface area contributed by atoms with Gasteiger partial charge in [0, 0.05) is 24.2 Å².